The van der Waals surface area contributed by atoms with Gasteiger partial charge in [-0.05, 0) is 92.9 Å². The van der Waals surface area contributed by atoms with Crippen molar-refractivity contribution in [3.63, 3.8) is 0 Å². The molecule has 3 aromatic rings. The second-order valence-electron chi connectivity index (χ2n) is 7.62. The molecule has 0 bridgehead atoms. The molecule has 0 unspecified atom stereocenters. The van der Waals surface area contributed by atoms with Crippen LogP contribution < -0.4 is 14.8 Å². The van der Waals surface area contributed by atoms with Gasteiger partial charge in [0.2, 0.25) is 0 Å². The van der Waals surface area contributed by atoms with Crippen molar-refractivity contribution in [1.29, 1.82) is 0 Å². The van der Waals surface area contributed by atoms with Crippen molar-refractivity contribution < 1.29 is 17.9 Å². The number of anilines is 2. The zero-order chi connectivity index (χ0) is 23.5. The first-order chi connectivity index (χ1) is 15.0. The molecule has 0 saturated carbocycles. The topological polar surface area (TPSA) is 84.5 Å². The second-order valence-corrected chi connectivity index (χ2v) is 9.68. The van der Waals surface area contributed by atoms with Crippen LogP contribution in [0.15, 0.2) is 65.6 Å². The Morgan fingerprint density at radius 1 is 0.938 bits per heavy atom. The zero-order valence-electron chi connectivity index (χ0n) is 18.3. The van der Waals surface area contributed by atoms with E-state index in [4.69, 9.17) is 16.3 Å². The molecule has 8 heteroatoms. The number of halogens is 1. The number of nitrogens with one attached hydrogen (secondary N) is 2. The summed E-state index contributed by atoms with van der Waals surface area (Å²) in [6.45, 7) is 7.27. The normalized spacial score (nSPS) is 12.2. The molecule has 0 aromatic heterocycles. The number of hydrogen-bond acceptors (Lipinski definition) is 4. The van der Waals surface area contributed by atoms with Crippen molar-refractivity contribution in [3.8, 4) is 5.75 Å². The van der Waals surface area contributed by atoms with Gasteiger partial charge in [-0.25, -0.2) is 8.42 Å². The van der Waals surface area contributed by atoms with Crippen LogP contribution in [0.2, 0.25) is 5.02 Å². The molecular weight excluding hydrogens is 448 g/mol. The van der Waals surface area contributed by atoms with Gasteiger partial charge in [0.05, 0.1) is 4.90 Å². The third-order valence-corrected chi connectivity index (χ3v) is 6.79. The van der Waals surface area contributed by atoms with Gasteiger partial charge < -0.3 is 10.1 Å². The van der Waals surface area contributed by atoms with E-state index < -0.39 is 16.1 Å². The van der Waals surface area contributed by atoms with Gasteiger partial charge in [0, 0.05) is 16.4 Å². The van der Waals surface area contributed by atoms with E-state index in [0.29, 0.717) is 22.1 Å². The SMILES string of the molecule is Cc1cccc(NS(=O)(=O)c2ccc(NC(=O)[C@@H](C)Oc3cc(C)c(Cl)c(C)c3)cc2)c1. The van der Waals surface area contributed by atoms with Crippen LogP contribution >= 0.6 is 11.6 Å². The molecule has 0 aliphatic heterocycles. The molecule has 3 rings (SSSR count). The van der Waals surface area contributed by atoms with Crippen molar-refractivity contribution in [1.82, 2.24) is 0 Å². The summed E-state index contributed by atoms with van der Waals surface area (Å²) in [6.07, 6.45) is -0.763. The summed E-state index contributed by atoms with van der Waals surface area (Å²) in [5.41, 5.74) is 3.63. The lowest BCUT2D eigenvalue weighted by molar-refractivity contribution is -0.122. The molecule has 1 amide bonds. The number of amides is 1. The van der Waals surface area contributed by atoms with Gasteiger partial charge in [-0.3, -0.25) is 9.52 Å². The van der Waals surface area contributed by atoms with E-state index in [2.05, 4.69) is 10.0 Å². The fraction of sp³-hybridized carbons (Fsp3) is 0.208. The molecule has 0 aliphatic carbocycles. The van der Waals surface area contributed by atoms with E-state index in [9.17, 15) is 13.2 Å². The fourth-order valence-corrected chi connectivity index (χ4v) is 4.27. The number of ether oxygens (including phenoxy) is 1. The highest BCUT2D eigenvalue weighted by Crippen LogP contribution is 2.26. The van der Waals surface area contributed by atoms with E-state index in [1.807, 2.05) is 26.8 Å². The molecule has 32 heavy (non-hydrogen) atoms. The van der Waals surface area contributed by atoms with Crippen molar-refractivity contribution in [2.75, 3.05) is 10.0 Å². The average Bonchev–Trinajstić information content (AvgIpc) is 2.72. The first kappa shape index (κ1) is 23.6. The summed E-state index contributed by atoms with van der Waals surface area (Å²) in [5, 5.41) is 3.40. The number of rotatable bonds is 7. The maximum atomic E-state index is 12.6. The van der Waals surface area contributed by atoms with E-state index in [-0.39, 0.29) is 10.8 Å². The van der Waals surface area contributed by atoms with Crippen LogP contribution in [0.3, 0.4) is 0 Å². The molecule has 0 heterocycles. The molecule has 6 nitrogen and oxygen atoms in total. The quantitative estimate of drug-likeness (QED) is 0.477. The van der Waals surface area contributed by atoms with Crippen molar-refractivity contribution in [3.05, 3.63) is 82.4 Å². The van der Waals surface area contributed by atoms with Gasteiger partial charge >= 0.3 is 0 Å². The van der Waals surface area contributed by atoms with Gasteiger partial charge in [0.15, 0.2) is 6.10 Å². The maximum absolute atomic E-state index is 12.6. The van der Waals surface area contributed by atoms with E-state index in [1.165, 1.54) is 24.3 Å². The molecule has 0 spiro atoms. The van der Waals surface area contributed by atoms with Crippen molar-refractivity contribution in [2.45, 2.75) is 38.7 Å². The van der Waals surface area contributed by atoms with Crippen LogP contribution in [-0.2, 0) is 14.8 Å². The smallest absolute Gasteiger partial charge is 0.265 e. The Morgan fingerprint density at radius 2 is 1.56 bits per heavy atom. The van der Waals surface area contributed by atoms with Crippen LogP contribution in [0, 0.1) is 20.8 Å². The predicted molar refractivity (Wildman–Crippen MR) is 128 cm³/mol. The lowest BCUT2D eigenvalue weighted by Crippen LogP contribution is -2.30. The molecule has 1 atom stereocenters. The molecule has 0 radical (unpaired) electrons. The number of sulfonamides is 1. The molecule has 0 saturated heterocycles. The number of carbonyl (C=O) groups is 1. The largest absolute Gasteiger partial charge is 0.481 e. The summed E-state index contributed by atoms with van der Waals surface area (Å²) >= 11 is 6.17. The standard InChI is InChI=1S/C24H25ClN2O4S/c1-15-6-5-7-20(12-15)27-32(29,30)22-10-8-19(9-11-22)26-24(28)18(4)31-21-13-16(2)23(25)17(3)14-21/h5-14,18,27H,1-4H3,(H,26,28)/t18-/m1/s1. The van der Waals surface area contributed by atoms with Crippen molar-refractivity contribution in [2.24, 2.45) is 0 Å². The number of aryl methyl sites for hydroxylation is 3. The molecule has 2 N–H and O–H groups in total. The Labute approximate surface area is 193 Å². The maximum Gasteiger partial charge on any atom is 0.265 e. The van der Waals surface area contributed by atoms with Gasteiger partial charge in [-0.1, -0.05) is 23.7 Å². The summed E-state index contributed by atoms with van der Waals surface area (Å²) in [6, 6.07) is 16.6. The van der Waals surface area contributed by atoms with Gasteiger partial charge in [0.1, 0.15) is 5.75 Å². The third kappa shape index (κ3) is 5.81. The van der Waals surface area contributed by atoms with E-state index >= 15 is 0 Å². The first-order valence-electron chi connectivity index (χ1n) is 9.99. The summed E-state index contributed by atoms with van der Waals surface area (Å²) in [5.74, 6) is 0.194. The van der Waals surface area contributed by atoms with Crippen LogP contribution in [0.5, 0.6) is 5.75 Å². The monoisotopic (exact) mass is 472 g/mol. The summed E-state index contributed by atoms with van der Waals surface area (Å²) in [4.78, 5) is 12.6. The van der Waals surface area contributed by atoms with E-state index in [0.717, 1.165) is 16.7 Å². The molecule has 168 valence electrons. The van der Waals surface area contributed by atoms with Crippen LogP contribution in [0.1, 0.15) is 23.6 Å². The second kappa shape index (κ2) is 9.63. The number of benzene rings is 3. The molecule has 0 aliphatic rings. The van der Waals surface area contributed by atoms with Crippen molar-refractivity contribution >= 4 is 38.9 Å². The molecule has 3 aromatic carbocycles. The zero-order valence-corrected chi connectivity index (χ0v) is 19.8. The Hall–Kier alpha value is -3.03. The summed E-state index contributed by atoms with van der Waals surface area (Å²) < 4.78 is 33.5. The highest BCUT2D eigenvalue weighted by Gasteiger charge is 2.18. The minimum atomic E-state index is -3.74. The highest BCUT2D eigenvalue weighted by atomic mass is 35.5. The fourth-order valence-electron chi connectivity index (χ4n) is 3.12. The van der Waals surface area contributed by atoms with Gasteiger partial charge in [-0.2, -0.15) is 0 Å². The minimum Gasteiger partial charge on any atom is -0.481 e. The van der Waals surface area contributed by atoms with Gasteiger partial charge in [0.25, 0.3) is 15.9 Å². The average molecular weight is 473 g/mol. The molecular formula is C24H25ClN2O4S. The lowest BCUT2D eigenvalue weighted by Gasteiger charge is -2.16. The Bertz CT molecular complexity index is 1220. The number of hydrogen-bond donors (Lipinski definition) is 2. The predicted octanol–water partition coefficient (Wildman–Crippen LogP) is 5.47. The van der Waals surface area contributed by atoms with E-state index in [1.54, 1.807) is 37.3 Å². The van der Waals surface area contributed by atoms with Gasteiger partial charge in [-0.15, -0.1) is 0 Å². The third-order valence-electron chi connectivity index (χ3n) is 4.79. The summed E-state index contributed by atoms with van der Waals surface area (Å²) in [7, 11) is -3.74. The minimum absolute atomic E-state index is 0.0911. The Morgan fingerprint density at radius 3 is 2.16 bits per heavy atom. The lowest BCUT2D eigenvalue weighted by atomic mass is 10.1. The Balaban J connectivity index is 1.65. The van der Waals surface area contributed by atoms with Crippen LogP contribution in [-0.4, -0.2) is 20.4 Å². The van der Waals surface area contributed by atoms with Crippen LogP contribution in [0.4, 0.5) is 11.4 Å². The first-order valence-corrected chi connectivity index (χ1v) is 11.8. The highest BCUT2D eigenvalue weighted by molar-refractivity contribution is 7.92. The molecule has 0 fully saturated rings. The van der Waals surface area contributed by atoms with Crippen LogP contribution in [0.25, 0.3) is 0 Å². The number of carbonyl (C=O) groups excluding carboxylic acids is 1. The Kier molecular flexibility index (Phi) is 7.11.